The quantitative estimate of drug-likeness (QED) is 0.801. The van der Waals surface area contributed by atoms with Crippen LogP contribution in [0.5, 0.6) is 11.5 Å². The Bertz CT molecular complexity index is 834. The first-order chi connectivity index (χ1) is 14.0. The highest BCUT2D eigenvalue weighted by molar-refractivity contribution is 5.58. The summed E-state index contributed by atoms with van der Waals surface area (Å²) in [4.78, 5) is 4.02. The Hall–Kier alpha value is -2.20. The van der Waals surface area contributed by atoms with Gasteiger partial charge in [0, 0.05) is 16.7 Å². The van der Waals surface area contributed by atoms with Gasteiger partial charge in [0.25, 0.3) is 0 Å². The largest absolute Gasteiger partial charge is 0.507 e. The summed E-state index contributed by atoms with van der Waals surface area (Å²) in [7, 11) is 1.74. The molecule has 1 aliphatic heterocycles. The van der Waals surface area contributed by atoms with Crippen LogP contribution in [0, 0.1) is 0 Å². The molecule has 0 unspecified atom stereocenters. The van der Waals surface area contributed by atoms with E-state index in [1.165, 1.54) is 11.3 Å². The van der Waals surface area contributed by atoms with E-state index in [0.29, 0.717) is 5.75 Å². The Labute approximate surface area is 182 Å². The van der Waals surface area contributed by atoms with Gasteiger partial charge in [0.05, 0.1) is 39.0 Å². The van der Waals surface area contributed by atoms with Gasteiger partial charge < -0.3 is 19.6 Å². The summed E-state index contributed by atoms with van der Waals surface area (Å²) in [6, 6.07) is 12.7. The fourth-order valence-corrected chi connectivity index (χ4v) is 4.36. The fourth-order valence-electron chi connectivity index (χ4n) is 4.36. The Kier molecular flexibility index (Phi) is 6.37. The van der Waals surface area contributed by atoms with Crippen molar-refractivity contribution in [1.82, 2.24) is 0 Å². The van der Waals surface area contributed by atoms with E-state index in [9.17, 15) is 5.11 Å². The summed E-state index contributed by atoms with van der Waals surface area (Å²) in [5, 5.41) is 11.0. The molecule has 1 heterocycles. The highest BCUT2D eigenvalue weighted by Gasteiger charge is 2.28. The van der Waals surface area contributed by atoms with Crippen LogP contribution in [-0.2, 0) is 17.4 Å². The number of methoxy groups -OCH3 is 1. The molecule has 1 aliphatic rings. The third kappa shape index (κ3) is 4.92. The first-order valence-electron chi connectivity index (χ1n) is 11.1. The van der Waals surface area contributed by atoms with Gasteiger partial charge in [-0.05, 0) is 35.1 Å². The lowest BCUT2D eigenvalue weighted by molar-refractivity contribution is -0.914. The summed E-state index contributed by atoms with van der Waals surface area (Å²) in [6.45, 7) is 18.3. The number of hydrogen-bond acceptors (Lipinski definition) is 3. The van der Waals surface area contributed by atoms with Crippen LogP contribution in [-0.4, -0.2) is 38.4 Å². The van der Waals surface area contributed by atoms with E-state index < -0.39 is 0 Å². The van der Waals surface area contributed by atoms with Gasteiger partial charge >= 0.3 is 0 Å². The summed E-state index contributed by atoms with van der Waals surface area (Å²) in [5.41, 5.74) is 4.45. The molecule has 2 aromatic rings. The molecule has 2 aromatic carbocycles. The van der Waals surface area contributed by atoms with E-state index in [1.807, 2.05) is 12.1 Å². The van der Waals surface area contributed by atoms with Crippen molar-refractivity contribution in [3.05, 3.63) is 53.1 Å². The summed E-state index contributed by atoms with van der Waals surface area (Å²) < 4.78 is 5.55. The molecule has 0 aromatic heterocycles. The lowest BCUT2D eigenvalue weighted by Crippen LogP contribution is -3.13. The van der Waals surface area contributed by atoms with Crippen molar-refractivity contribution in [2.24, 2.45) is 0 Å². The smallest absolute Gasteiger partial charge is 0.142 e. The Balaban J connectivity index is 1.78. The molecule has 2 N–H and O–H groups in total. The van der Waals surface area contributed by atoms with Crippen LogP contribution in [0.4, 0.5) is 5.69 Å². The van der Waals surface area contributed by atoms with Gasteiger partial charge in [-0.1, -0.05) is 53.7 Å². The lowest BCUT2D eigenvalue weighted by Gasteiger charge is -2.35. The molecule has 4 heteroatoms. The molecule has 30 heavy (non-hydrogen) atoms. The molecule has 0 spiro atoms. The lowest BCUT2D eigenvalue weighted by atomic mass is 9.78. The predicted molar refractivity (Wildman–Crippen MR) is 125 cm³/mol. The molecule has 0 bridgehead atoms. The maximum Gasteiger partial charge on any atom is 0.142 e. The SMILES string of the molecule is COc1ccccc1N1CC[NH+](Cc2cc(C(C)(C)C)c(O)c(C(C)(C)C)c2)CC1. The Morgan fingerprint density at radius 3 is 1.97 bits per heavy atom. The van der Waals surface area contributed by atoms with Gasteiger partial charge in [-0.2, -0.15) is 0 Å². The van der Waals surface area contributed by atoms with Crippen molar-refractivity contribution >= 4 is 5.69 Å². The molecule has 1 fully saturated rings. The van der Waals surface area contributed by atoms with Crippen molar-refractivity contribution < 1.29 is 14.7 Å². The molecule has 0 aliphatic carbocycles. The van der Waals surface area contributed by atoms with E-state index >= 15 is 0 Å². The predicted octanol–water partition coefficient (Wildman–Crippen LogP) is 3.90. The zero-order valence-corrected chi connectivity index (χ0v) is 19.8. The summed E-state index contributed by atoms with van der Waals surface area (Å²) >= 11 is 0. The normalized spacial score (nSPS) is 16.0. The topological polar surface area (TPSA) is 37.1 Å². The third-order valence-corrected chi connectivity index (χ3v) is 6.14. The van der Waals surface area contributed by atoms with Gasteiger partial charge in [0.1, 0.15) is 18.0 Å². The molecule has 0 atom stereocenters. The molecular weight excluding hydrogens is 372 g/mol. The highest BCUT2D eigenvalue weighted by atomic mass is 16.5. The van der Waals surface area contributed by atoms with Crippen molar-refractivity contribution in [3.8, 4) is 11.5 Å². The van der Waals surface area contributed by atoms with E-state index in [-0.39, 0.29) is 10.8 Å². The number of nitrogens with zero attached hydrogens (tertiary/aromatic N) is 1. The number of nitrogens with one attached hydrogen (secondary N) is 1. The minimum absolute atomic E-state index is 0.0853. The van der Waals surface area contributed by atoms with E-state index in [4.69, 9.17) is 4.74 Å². The van der Waals surface area contributed by atoms with Crippen LogP contribution in [0.15, 0.2) is 36.4 Å². The monoisotopic (exact) mass is 411 g/mol. The van der Waals surface area contributed by atoms with E-state index in [2.05, 4.69) is 70.7 Å². The maximum atomic E-state index is 11.0. The zero-order valence-electron chi connectivity index (χ0n) is 19.8. The number of ether oxygens (including phenoxy) is 1. The van der Waals surface area contributed by atoms with Crippen molar-refractivity contribution in [3.63, 3.8) is 0 Å². The highest BCUT2D eigenvalue weighted by Crippen LogP contribution is 2.39. The molecule has 3 rings (SSSR count). The van der Waals surface area contributed by atoms with Crippen LogP contribution >= 0.6 is 0 Å². The first-order valence-corrected chi connectivity index (χ1v) is 11.1. The minimum Gasteiger partial charge on any atom is -0.507 e. The van der Waals surface area contributed by atoms with Crippen LogP contribution in [0.3, 0.4) is 0 Å². The number of quaternary nitrogens is 1. The van der Waals surface area contributed by atoms with Crippen molar-refractivity contribution in [2.75, 3.05) is 38.2 Å². The van der Waals surface area contributed by atoms with Crippen molar-refractivity contribution in [1.29, 1.82) is 0 Å². The number of para-hydroxylation sites is 2. The van der Waals surface area contributed by atoms with E-state index in [0.717, 1.165) is 49.6 Å². The van der Waals surface area contributed by atoms with Gasteiger partial charge in [0.15, 0.2) is 0 Å². The molecule has 164 valence electrons. The molecular formula is C26H39N2O2+. The molecule has 0 saturated carbocycles. The Morgan fingerprint density at radius 1 is 0.933 bits per heavy atom. The van der Waals surface area contributed by atoms with Gasteiger partial charge in [-0.25, -0.2) is 0 Å². The fraction of sp³-hybridized carbons (Fsp3) is 0.538. The molecule has 0 radical (unpaired) electrons. The average Bonchev–Trinajstić information content (AvgIpc) is 2.68. The van der Waals surface area contributed by atoms with Crippen molar-refractivity contribution in [2.45, 2.75) is 58.9 Å². The number of phenols is 1. The number of phenolic OH excluding ortho intramolecular Hbond substituents is 1. The number of benzene rings is 2. The number of piperazine rings is 1. The average molecular weight is 412 g/mol. The minimum atomic E-state index is -0.0853. The van der Waals surface area contributed by atoms with Gasteiger partial charge in [-0.3, -0.25) is 0 Å². The number of hydrogen-bond donors (Lipinski definition) is 2. The molecule has 1 saturated heterocycles. The van der Waals surface area contributed by atoms with Crippen LogP contribution in [0.25, 0.3) is 0 Å². The summed E-state index contributed by atoms with van der Waals surface area (Å²) in [5.74, 6) is 1.42. The second-order valence-corrected chi connectivity index (χ2v) is 10.6. The molecule has 4 nitrogen and oxygen atoms in total. The maximum absolute atomic E-state index is 11.0. The van der Waals surface area contributed by atoms with E-state index in [1.54, 1.807) is 12.0 Å². The zero-order chi connectivity index (χ0) is 22.1. The Morgan fingerprint density at radius 2 is 1.47 bits per heavy atom. The van der Waals surface area contributed by atoms with Crippen LogP contribution < -0.4 is 14.5 Å². The van der Waals surface area contributed by atoms with Crippen LogP contribution in [0.2, 0.25) is 0 Å². The second kappa shape index (κ2) is 8.50. The number of anilines is 1. The van der Waals surface area contributed by atoms with Crippen LogP contribution in [0.1, 0.15) is 58.2 Å². The number of aromatic hydroxyl groups is 1. The molecule has 0 amide bonds. The standard InChI is InChI=1S/C26H38N2O2/c1-25(2,3)20-16-19(17-21(24(20)29)26(4,5)6)18-27-12-14-28(15-13-27)22-10-8-9-11-23(22)30-7/h8-11,16-17,29H,12-15,18H2,1-7H3/p+1. The van der Waals surface area contributed by atoms with Gasteiger partial charge in [-0.15, -0.1) is 0 Å². The number of rotatable bonds is 4. The first kappa shape index (κ1) is 22.5. The second-order valence-electron chi connectivity index (χ2n) is 10.6. The summed E-state index contributed by atoms with van der Waals surface area (Å²) in [6.07, 6.45) is 0. The van der Waals surface area contributed by atoms with Gasteiger partial charge in [0.2, 0.25) is 0 Å². The third-order valence-electron chi connectivity index (χ3n) is 6.14.